The van der Waals surface area contributed by atoms with E-state index >= 15 is 0 Å². The fourth-order valence-electron chi connectivity index (χ4n) is 4.34. The molecule has 2 heterocycles. The molecule has 0 aliphatic carbocycles. The van der Waals surface area contributed by atoms with Crippen molar-refractivity contribution in [2.24, 2.45) is 0 Å². The molecule has 1 saturated heterocycles. The molecule has 3 aromatic rings. The Balaban J connectivity index is 1.85. The number of pyridine rings is 1. The number of aromatic nitrogens is 1. The molecular weight excluding hydrogens is 544 g/mol. The van der Waals surface area contributed by atoms with E-state index in [1.165, 1.54) is 18.2 Å². The fraction of sp³-hybridized carbons (Fsp3) is 0.269. The van der Waals surface area contributed by atoms with Crippen LogP contribution in [0.1, 0.15) is 28.4 Å². The van der Waals surface area contributed by atoms with Crippen LogP contribution in [0.25, 0.3) is 22.4 Å². The average molecular weight is 565 g/mol. The minimum absolute atomic E-state index is 0.0426. The Kier molecular flexibility index (Phi) is 7.74. The van der Waals surface area contributed by atoms with Crippen LogP contribution in [0.4, 0.5) is 13.2 Å². The molecule has 0 unspecified atom stereocenters. The number of hydrogen-bond acceptors (Lipinski definition) is 5. The number of hydrogen-bond donors (Lipinski definition) is 2. The van der Waals surface area contributed by atoms with Gasteiger partial charge in [-0.25, -0.2) is 0 Å². The maximum absolute atomic E-state index is 13.4. The summed E-state index contributed by atoms with van der Waals surface area (Å²) in [4.78, 5) is 32.3. The predicted octanol–water partition coefficient (Wildman–Crippen LogP) is 5.39. The van der Waals surface area contributed by atoms with Crippen LogP contribution in [0, 0.1) is 11.3 Å². The minimum Gasteiger partial charge on any atom is -0.506 e. The van der Waals surface area contributed by atoms with Crippen molar-refractivity contribution in [3.63, 3.8) is 0 Å². The van der Waals surface area contributed by atoms with Crippen LogP contribution in [-0.4, -0.2) is 58.5 Å². The quantitative estimate of drug-likeness (QED) is 0.442. The number of phenols is 1. The number of nitrogens with one attached hydrogen (secondary N) is 1. The Morgan fingerprint density at radius 3 is 2.37 bits per heavy atom. The number of halogens is 5. The summed E-state index contributed by atoms with van der Waals surface area (Å²) in [5.74, 6) is -0.932. The number of aromatic amines is 1. The van der Waals surface area contributed by atoms with Gasteiger partial charge in [-0.15, -0.1) is 0 Å². The second kappa shape index (κ2) is 10.7. The lowest BCUT2D eigenvalue weighted by Gasteiger charge is -2.34. The number of amides is 1. The molecule has 1 fully saturated rings. The molecule has 0 spiro atoms. The van der Waals surface area contributed by atoms with Crippen molar-refractivity contribution in [2.75, 3.05) is 32.7 Å². The van der Waals surface area contributed by atoms with Gasteiger partial charge in [-0.1, -0.05) is 30.1 Å². The highest BCUT2D eigenvalue weighted by atomic mass is 35.5. The van der Waals surface area contributed by atoms with Crippen LogP contribution in [0.3, 0.4) is 0 Å². The van der Waals surface area contributed by atoms with E-state index in [1.54, 1.807) is 11.0 Å². The monoisotopic (exact) mass is 564 g/mol. The smallest absolute Gasteiger partial charge is 0.416 e. The number of aromatic hydroxyl groups is 1. The summed E-state index contributed by atoms with van der Waals surface area (Å²) in [6.07, 6.45) is -4.70. The normalized spacial score (nSPS) is 14.4. The molecule has 2 aromatic carbocycles. The third-order valence-corrected chi connectivity index (χ3v) is 6.98. The molecule has 0 radical (unpaired) electrons. The first kappa shape index (κ1) is 27.5. The third-order valence-electron chi connectivity index (χ3n) is 6.43. The molecule has 0 bridgehead atoms. The molecule has 4 rings (SSSR count). The first-order valence-corrected chi connectivity index (χ1v) is 12.3. The van der Waals surface area contributed by atoms with E-state index in [1.807, 2.05) is 6.92 Å². The Labute approximate surface area is 225 Å². The van der Waals surface area contributed by atoms with Gasteiger partial charge < -0.3 is 19.9 Å². The largest absolute Gasteiger partial charge is 0.506 e. The van der Waals surface area contributed by atoms with E-state index in [-0.39, 0.29) is 38.0 Å². The number of phenolic OH excluding ortho intramolecular Hbond substituents is 1. The Morgan fingerprint density at radius 2 is 1.76 bits per heavy atom. The molecule has 198 valence electrons. The molecule has 7 nitrogen and oxygen atoms in total. The van der Waals surface area contributed by atoms with E-state index in [2.05, 4.69) is 9.88 Å². The van der Waals surface area contributed by atoms with Gasteiger partial charge >= 0.3 is 6.18 Å². The maximum atomic E-state index is 13.4. The topological polar surface area (TPSA) is 100 Å². The van der Waals surface area contributed by atoms with Crippen LogP contribution in [0.15, 0.2) is 41.2 Å². The summed E-state index contributed by atoms with van der Waals surface area (Å²) < 4.78 is 40.1. The first-order valence-electron chi connectivity index (χ1n) is 11.5. The zero-order chi connectivity index (χ0) is 27.8. The van der Waals surface area contributed by atoms with Crippen molar-refractivity contribution < 1.29 is 23.1 Å². The van der Waals surface area contributed by atoms with Gasteiger partial charge in [-0.3, -0.25) is 9.59 Å². The predicted molar refractivity (Wildman–Crippen MR) is 137 cm³/mol. The van der Waals surface area contributed by atoms with Gasteiger partial charge in [0.2, 0.25) is 0 Å². The third kappa shape index (κ3) is 5.36. The molecule has 1 amide bonds. The number of carbonyl (C=O) groups excluding carboxylic acids is 1. The highest BCUT2D eigenvalue weighted by Crippen LogP contribution is 2.40. The Morgan fingerprint density at radius 1 is 1.08 bits per heavy atom. The maximum Gasteiger partial charge on any atom is 0.416 e. The summed E-state index contributed by atoms with van der Waals surface area (Å²) in [6, 6.07) is 8.08. The first-order chi connectivity index (χ1) is 17.9. The number of alkyl halides is 3. The van der Waals surface area contributed by atoms with Crippen LogP contribution in [0.5, 0.6) is 5.75 Å². The second-order valence-corrected chi connectivity index (χ2v) is 9.52. The SMILES string of the molecule is CCN1CCN(C(=O)c2cc(Cl)cc(-c3cc(-c4cc(C(F)(F)F)ccc4Cl)c(C#N)c(=O)[nH]3)c2O)CC1. The zero-order valence-corrected chi connectivity index (χ0v) is 21.5. The van der Waals surface area contributed by atoms with E-state index in [0.29, 0.717) is 26.2 Å². The molecule has 0 saturated carbocycles. The van der Waals surface area contributed by atoms with E-state index in [0.717, 1.165) is 24.7 Å². The molecule has 38 heavy (non-hydrogen) atoms. The summed E-state index contributed by atoms with van der Waals surface area (Å²) in [7, 11) is 0. The van der Waals surface area contributed by atoms with Gasteiger partial charge in [0.25, 0.3) is 11.5 Å². The van der Waals surface area contributed by atoms with Crippen LogP contribution >= 0.6 is 23.2 Å². The van der Waals surface area contributed by atoms with E-state index in [9.17, 15) is 33.1 Å². The average Bonchev–Trinajstić information content (AvgIpc) is 2.88. The summed E-state index contributed by atoms with van der Waals surface area (Å²) in [6.45, 7) is 5.09. The fourth-order valence-corrected chi connectivity index (χ4v) is 4.78. The Bertz CT molecular complexity index is 1510. The highest BCUT2D eigenvalue weighted by molar-refractivity contribution is 6.33. The molecule has 0 atom stereocenters. The molecular formula is C26H21Cl2F3N4O3. The number of nitrogens with zero attached hydrogens (tertiary/aromatic N) is 3. The summed E-state index contributed by atoms with van der Waals surface area (Å²) >= 11 is 12.4. The van der Waals surface area contributed by atoms with Gasteiger partial charge in [0, 0.05) is 52.9 Å². The lowest BCUT2D eigenvalue weighted by molar-refractivity contribution is -0.137. The van der Waals surface area contributed by atoms with Crippen molar-refractivity contribution in [3.05, 3.63) is 73.5 Å². The van der Waals surface area contributed by atoms with Crippen LogP contribution in [-0.2, 0) is 6.18 Å². The molecule has 1 aliphatic heterocycles. The van der Waals surface area contributed by atoms with Gasteiger partial charge in [0.1, 0.15) is 17.4 Å². The van der Waals surface area contributed by atoms with Crippen LogP contribution in [0.2, 0.25) is 10.0 Å². The summed E-state index contributed by atoms with van der Waals surface area (Å²) in [5.41, 5.74) is -2.99. The number of rotatable bonds is 4. The second-order valence-electron chi connectivity index (χ2n) is 8.68. The Hall–Kier alpha value is -3.52. The molecule has 12 heteroatoms. The van der Waals surface area contributed by atoms with Gasteiger partial charge in [0.05, 0.1) is 16.8 Å². The number of piperazine rings is 1. The molecule has 1 aromatic heterocycles. The van der Waals surface area contributed by atoms with Crippen molar-refractivity contribution in [3.8, 4) is 34.2 Å². The van der Waals surface area contributed by atoms with E-state index in [4.69, 9.17) is 23.2 Å². The van der Waals surface area contributed by atoms with Gasteiger partial charge in [0.15, 0.2) is 0 Å². The highest BCUT2D eigenvalue weighted by Gasteiger charge is 2.32. The number of nitriles is 1. The van der Waals surface area contributed by atoms with Crippen molar-refractivity contribution in [2.45, 2.75) is 13.1 Å². The molecule has 1 aliphatic rings. The summed E-state index contributed by atoms with van der Waals surface area (Å²) in [5, 5.41) is 20.6. The van der Waals surface area contributed by atoms with E-state index < -0.39 is 34.5 Å². The number of H-pyrrole nitrogens is 1. The van der Waals surface area contributed by atoms with Gasteiger partial charge in [-0.05, 0) is 42.9 Å². The van der Waals surface area contributed by atoms with Gasteiger partial charge in [-0.2, -0.15) is 18.4 Å². The standard InChI is InChI=1S/C26H21Cl2F3N4O3/c1-2-34-5-7-35(8-6-34)25(38)19-11-15(27)10-18(23(19)36)22-12-16(20(13-32)24(37)33-22)17-9-14(26(29,30)31)3-4-21(17)28/h3-4,9-12,36H,2,5-8H2,1H3,(H,33,37). The molecule has 2 N–H and O–H groups in total. The van der Waals surface area contributed by atoms with Crippen molar-refractivity contribution in [1.82, 2.24) is 14.8 Å². The number of benzene rings is 2. The lowest BCUT2D eigenvalue weighted by Crippen LogP contribution is -2.48. The minimum atomic E-state index is -4.70. The number of carbonyl (C=O) groups is 1. The number of likely N-dealkylation sites (N-methyl/N-ethyl adjacent to an activating group) is 1. The zero-order valence-electron chi connectivity index (χ0n) is 20.0. The van der Waals surface area contributed by atoms with Crippen molar-refractivity contribution in [1.29, 1.82) is 5.26 Å². The lowest BCUT2D eigenvalue weighted by atomic mass is 9.96. The van der Waals surface area contributed by atoms with Crippen molar-refractivity contribution >= 4 is 29.1 Å². The van der Waals surface area contributed by atoms with Crippen LogP contribution < -0.4 is 5.56 Å².